The summed E-state index contributed by atoms with van der Waals surface area (Å²) >= 11 is 0. The lowest BCUT2D eigenvalue weighted by Crippen LogP contribution is -2.28. The molecule has 0 radical (unpaired) electrons. The second-order valence-electron chi connectivity index (χ2n) is 4.88. The van der Waals surface area contributed by atoms with Gasteiger partial charge in [0.05, 0.1) is 6.42 Å². The van der Waals surface area contributed by atoms with E-state index >= 15 is 0 Å². The Labute approximate surface area is 91.8 Å². The third-order valence-electron chi connectivity index (χ3n) is 3.49. The summed E-state index contributed by atoms with van der Waals surface area (Å²) in [5.41, 5.74) is 0. The van der Waals surface area contributed by atoms with Crippen LogP contribution in [-0.2, 0) is 9.53 Å². The number of rotatable bonds is 4. The van der Waals surface area contributed by atoms with Crippen molar-refractivity contribution in [3.8, 4) is 0 Å². The second kappa shape index (κ2) is 4.97. The predicted octanol–water partition coefficient (Wildman–Crippen LogP) is 1.81. The monoisotopic (exact) mass is 211 g/mol. The summed E-state index contributed by atoms with van der Waals surface area (Å²) in [6.07, 6.45) is 5.56. The van der Waals surface area contributed by atoms with Gasteiger partial charge in [-0.3, -0.25) is 4.79 Å². The van der Waals surface area contributed by atoms with Crippen LogP contribution in [0, 0.1) is 5.92 Å². The molecule has 2 atom stereocenters. The number of nitrogens with zero attached hydrogens (tertiary/aromatic N) is 1. The molecule has 0 bridgehead atoms. The molecule has 86 valence electrons. The van der Waals surface area contributed by atoms with Gasteiger partial charge in [0.1, 0.15) is 6.10 Å². The van der Waals surface area contributed by atoms with E-state index in [0.717, 1.165) is 26.1 Å². The largest absolute Gasteiger partial charge is 0.462 e. The molecule has 3 heteroatoms. The van der Waals surface area contributed by atoms with Crippen LogP contribution in [0.25, 0.3) is 0 Å². The summed E-state index contributed by atoms with van der Waals surface area (Å²) in [5.74, 6) is 0.560. The summed E-state index contributed by atoms with van der Waals surface area (Å²) in [6, 6.07) is 0. The van der Waals surface area contributed by atoms with Gasteiger partial charge in [-0.05, 0) is 25.2 Å². The van der Waals surface area contributed by atoms with Crippen molar-refractivity contribution >= 4 is 5.97 Å². The van der Waals surface area contributed by atoms with Gasteiger partial charge in [-0.25, -0.2) is 0 Å². The van der Waals surface area contributed by atoms with Gasteiger partial charge in [-0.2, -0.15) is 0 Å². The Morgan fingerprint density at radius 3 is 2.73 bits per heavy atom. The van der Waals surface area contributed by atoms with Crippen LogP contribution in [0.1, 0.15) is 39.0 Å². The van der Waals surface area contributed by atoms with Gasteiger partial charge in [0.25, 0.3) is 0 Å². The standard InChI is InChI=1S/C12H21NO2/c1-10-4-2-3-5-11(10)15-12(14)6-7-13-8-9-13/h10-11H,2-9H2,1H3. The maximum absolute atomic E-state index is 11.5. The van der Waals surface area contributed by atoms with Crippen LogP contribution in [0.4, 0.5) is 0 Å². The van der Waals surface area contributed by atoms with Gasteiger partial charge in [0, 0.05) is 19.6 Å². The Morgan fingerprint density at radius 2 is 2.07 bits per heavy atom. The van der Waals surface area contributed by atoms with Crippen molar-refractivity contribution in [2.24, 2.45) is 5.92 Å². The van der Waals surface area contributed by atoms with Crippen LogP contribution >= 0.6 is 0 Å². The van der Waals surface area contributed by atoms with E-state index in [2.05, 4.69) is 11.8 Å². The first-order chi connectivity index (χ1) is 7.25. The van der Waals surface area contributed by atoms with Crippen molar-refractivity contribution in [1.29, 1.82) is 0 Å². The van der Waals surface area contributed by atoms with Gasteiger partial charge >= 0.3 is 5.97 Å². The number of ether oxygens (including phenoxy) is 1. The molecule has 1 saturated carbocycles. The van der Waals surface area contributed by atoms with Crippen LogP contribution < -0.4 is 0 Å². The zero-order chi connectivity index (χ0) is 10.7. The van der Waals surface area contributed by atoms with Crippen molar-refractivity contribution in [2.45, 2.75) is 45.1 Å². The zero-order valence-electron chi connectivity index (χ0n) is 9.58. The number of esters is 1. The van der Waals surface area contributed by atoms with Gasteiger partial charge in [0.15, 0.2) is 0 Å². The third kappa shape index (κ3) is 3.49. The molecule has 1 aliphatic heterocycles. The highest BCUT2D eigenvalue weighted by Crippen LogP contribution is 2.26. The molecular formula is C12H21NO2. The molecule has 0 N–H and O–H groups in total. The number of hydrogen-bond acceptors (Lipinski definition) is 3. The van der Waals surface area contributed by atoms with Gasteiger partial charge in [-0.1, -0.05) is 13.3 Å². The first kappa shape index (κ1) is 10.9. The van der Waals surface area contributed by atoms with Gasteiger partial charge in [-0.15, -0.1) is 0 Å². The molecule has 2 rings (SSSR count). The first-order valence-electron chi connectivity index (χ1n) is 6.17. The van der Waals surface area contributed by atoms with Crippen molar-refractivity contribution in [3.05, 3.63) is 0 Å². The molecule has 1 heterocycles. The zero-order valence-corrected chi connectivity index (χ0v) is 9.58. The molecule has 0 spiro atoms. The number of carbonyl (C=O) groups is 1. The molecule has 0 aromatic heterocycles. The molecule has 1 saturated heterocycles. The molecule has 15 heavy (non-hydrogen) atoms. The number of hydrogen-bond donors (Lipinski definition) is 0. The molecule has 0 amide bonds. The highest BCUT2D eigenvalue weighted by Gasteiger charge is 2.25. The Hall–Kier alpha value is -0.570. The maximum Gasteiger partial charge on any atom is 0.307 e. The SMILES string of the molecule is CC1CCCCC1OC(=O)CCN1CC1. The Bertz CT molecular complexity index is 226. The van der Waals surface area contributed by atoms with Crippen LogP contribution in [-0.4, -0.2) is 36.6 Å². The Morgan fingerprint density at radius 1 is 1.33 bits per heavy atom. The lowest BCUT2D eigenvalue weighted by atomic mass is 9.88. The topological polar surface area (TPSA) is 29.3 Å². The van der Waals surface area contributed by atoms with Crippen molar-refractivity contribution in [2.75, 3.05) is 19.6 Å². The van der Waals surface area contributed by atoms with E-state index in [0.29, 0.717) is 12.3 Å². The molecule has 0 aromatic carbocycles. The van der Waals surface area contributed by atoms with Crippen LogP contribution in [0.3, 0.4) is 0 Å². The minimum Gasteiger partial charge on any atom is -0.462 e. The van der Waals surface area contributed by atoms with Crippen molar-refractivity contribution in [3.63, 3.8) is 0 Å². The van der Waals surface area contributed by atoms with Crippen LogP contribution in [0.2, 0.25) is 0 Å². The van der Waals surface area contributed by atoms with E-state index in [1.807, 2.05) is 0 Å². The lowest BCUT2D eigenvalue weighted by molar-refractivity contribution is -0.153. The summed E-state index contributed by atoms with van der Waals surface area (Å²) in [4.78, 5) is 13.8. The summed E-state index contributed by atoms with van der Waals surface area (Å²) in [6.45, 7) is 5.40. The Balaban J connectivity index is 1.66. The minimum atomic E-state index is 0.000602. The summed E-state index contributed by atoms with van der Waals surface area (Å²) < 4.78 is 5.52. The fraction of sp³-hybridized carbons (Fsp3) is 0.917. The van der Waals surface area contributed by atoms with Crippen LogP contribution in [0.15, 0.2) is 0 Å². The molecule has 2 unspecified atom stereocenters. The summed E-state index contributed by atoms with van der Waals surface area (Å²) in [7, 11) is 0. The van der Waals surface area contributed by atoms with E-state index in [9.17, 15) is 4.79 Å². The molecule has 2 fully saturated rings. The van der Waals surface area contributed by atoms with Crippen LogP contribution in [0.5, 0.6) is 0 Å². The summed E-state index contributed by atoms with van der Waals surface area (Å²) in [5, 5.41) is 0. The van der Waals surface area contributed by atoms with E-state index in [1.165, 1.54) is 19.3 Å². The van der Waals surface area contributed by atoms with E-state index in [1.54, 1.807) is 0 Å². The highest BCUT2D eigenvalue weighted by atomic mass is 16.5. The van der Waals surface area contributed by atoms with Crippen molar-refractivity contribution < 1.29 is 9.53 Å². The van der Waals surface area contributed by atoms with E-state index in [-0.39, 0.29) is 12.1 Å². The van der Waals surface area contributed by atoms with Crippen molar-refractivity contribution in [1.82, 2.24) is 4.90 Å². The third-order valence-corrected chi connectivity index (χ3v) is 3.49. The average molecular weight is 211 g/mol. The van der Waals surface area contributed by atoms with E-state index < -0.39 is 0 Å². The molecule has 3 nitrogen and oxygen atoms in total. The smallest absolute Gasteiger partial charge is 0.307 e. The quantitative estimate of drug-likeness (QED) is 0.524. The number of carbonyl (C=O) groups excluding carboxylic acids is 1. The Kier molecular flexibility index (Phi) is 3.62. The predicted molar refractivity (Wildman–Crippen MR) is 58.6 cm³/mol. The van der Waals surface area contributed by atoms with Gasteiger partial charge < -0.3 is 9.64 Å². The fourth-order valence-corrected chi connectivity index (χ4v) is 2.23. The lowest BCUT2D eigenvalue weighted by Gasteiger charge is -2.28. The molecular weight excluding hydrogens is 190 g/mol. The first-order valence-corrected chi connectivity index (χ1v) is 6.17. The normalized spacial score (nSPS) is 31.3. The highest BCUT2D eigenvalue weighted by molar-refractivity contribution is 5.69. The minimum absolute atomic E-state index is 0.000602. The molecule has 2 aliphatic rings. The average Bonchev–Trinajstić information content (AvgIpc) is 3.02. The maximum atomic E-state index is 11.5. The van der Waals surface area contributed by atoms with E-state index in [4.69, 9.17) is 4.74 Å². The molecule has 0 aromatic rings. The van der Waals surface area contributed by atoms with Gasteiger partial charge in [0.2, 0.25) is 0 Å². The molecule has 1 aliphatic carbocycles. The fourth-order valence-electron chi connectivity index (χ4n) is 2.23. The second-order valence-corrected chi connectivity index (χ2v) is 4.88.